The minimum atomic E-state index is -0.0348. The molecule has 3 unspecified atom stereocenters. The Morgan fingerprint density at radius 3 is 3.06 bits per heavy atom. The summed E-state index contributed by atoms with van der Waals surface area (Å²) in [6.07, 6.45) is 2.14. The van der Waals surface area contributed by atoms with Crippen LogP contribution in [-0.4, -0.2) is 29.9 Å². The highest BCUT2D eigenvalue weighted by Crippen LogP contribution is 2.28. The fourth-order valence-electron chi connectivity index (χ4n) is 2.67. The number of rotatable bonds is 3. The zero-order chi connectivity index (χ0) is 13.1. The van der Waals surface area contributed by atoms with E-state index in [1.807, 2.05) is 29.3 Å². The van der Waals surface area contributed by atoms with Gasteiger partial charge >= 0.3 is 0 Å². The number of carbonyl (C=O) groups is 1. The van der Waals surface area contributed by atoms with Crippen molar-refractivity contribution in [1.29, 1.82) is 0 Å². The van der Waals surface area contributed by atoms with Crippen LogP contribution in [0.3, 0.4) is 0 Å². The van der Waals surface area contributed by atoms with Gasteiger partial charge in [0.05, 0.1) is 5.92 Å². The van der Waals surface area contributed by atoms with Crippen molar-refractivity contribution in [2.24, 2.45) is 11.7 Å². The van der Waals surface area contributed by atoms with Crippen LogP contribution in [0.15, 0.2) is 17.5 Å². The van der Waals surface area contributed by atoms with Gasteiger partial charge in [-0.3, -0.25) is 4.79 Å². The Kier molecular flexibility index (Phi) is 4.40. The molecule has 0 aromatic carbocycles. The Morgan fingerprint density at radius 2 is 2.44 bits per heavy atom. The highest BCUT2D eigenvalue weighted by Gasteiger charge is 2.31. The van der Waals surface area contributed by atoms with Gasteiger partial charge < -0.3 is 10.6 Å². The number of piperidine rings is 1. The van der Waals surface area contributed by atoms with Gasteiger partial charge in [0.25, 0.3) is 0 Å². The number of hydrogen-bond donors (Lipinski definition) is 1. The number of nitrogens with zero attached hydrogens (tertiary/aromatic N) is 1. The Hall–Kier alpha value is -0.870. The van der Waals surface area contributed by atoms with Crippen molar-refractivity contribution >= 4 is 17.2 Å². The lowest BCUT2D eigenvalue weighted by atomic mass is 9.91. The number of thiophene rings is 1. The summed E-state index contributed by atoms with van der Waals surface area (Å²) in [6.45, 7) is 5.68. The second kappa shape index (κ2) is 5.85. The molecule has 1 aromatic rings. The molecule has 3 nitrogen and oxygen atoms in total. The van der Waals surface area contributed by atoms with Gasteiger partial charge in [0.1, 0.15) is 0 Å². The fourth-order valence-corrected chi connectivity index (χ4v) is 3.45. The van der Waals surface area contributed by atoms with Crippen molar-refractivity contribution in [1.82, 2.24) is 4.90 Å². The second-order valence-electron chi connectivity index (χ2n) is 5.29. The SMILES string of the molecule is CC1CCN(C(=O)C(C)c2cccs2)C(CN)C1. The average Bonchev–Trinajstić information content (AvgIpc) is 2.90. The van der Waals surface area contributed by atoms with Gasteiger partial charge in [-0.2, -0.15) is 0 Å². The van der Waals surface area contributed by atoms with Crippen LogP contribution in [0.5, 0.6) is 0 Å². The predicted molar refractivity (Wildman–Crippen MR) is 75.7 cm³/mol. The van der Waals surface area contributed by atoms with Crippen LogP contribution in [0.2, 0.25) is 0 Å². The minimum absolute atomic E-state index is 0.0348. The molecule has 3 atom stereocenters. The Bertz CT molecular complexity index is 391. The minimum Gasteiger partial charge on any atom is -0.338 e. The van der Waals surface area contributed by atoms with E-state index < -0.39 is 0 Å². The van der Waals surface area contributed by atoms with Crippen LogP contribution < -0.4 is 5.73 Å². The summed E-state index contributed by atoms with van der Waals surface area (Å²) >= 11 is 1.65. The first-order valence-corrected chi connectivity index (χ1v) is 7.55. The van der Waals surface area contributed by atoms with Crippen molar-refractivity contribution in [3.8, 4) is 0 Å². The van der Waals surface area contributed by atoms with Crippen molar-refractivity contribution in [2.75, 3.05) is 13.1 Å². The summed E-state index contributed by atoms with van der Waals surface area (Å²) in [5.74, 6) is 0.881. The third-order valence-electron chi connectivity index (χ3n) is 3.87. The van der Waals surface area contributed by atoms with E-state index >= 15 is 0 Å². The zero-order valence-electron chi connectivity index (χ0n) is 11.1. The molecule has 2 N–H and O–H groups in total. The molecule has 1 aromatic heterocycles. The van der Waals surface area contributed by atoms with Crippen LogP contribution in [-0.2, 0) is 4.79 Å². The summed E-state index contributed by atoms with van der Waals surface area (Å²) < 4.78 is 0. The number of amides is 1. The quantitative estimate of drug-likeness (QED) is 0.913. The molecule has 0 aliphatic carbocycles. The van der Waals surface area contributed by atoms with E-state index in [0.29, 0.717) is 12.5 Å². The van der Waals surface area contributed by atoms with Crippen molar-refractivity contribution in [2.45, 2.75) is 38.6 Å². The smallest absolute Gasteiger partial charge is 0.230 e. The van der Waals surface area contributed by atoms with Crippen molar-refractivity contribution < 1.29 is 4.79 Å². The molecular formula is C14H22N2OS. The second-order valence-corrected chi connectivity index (χ2v) is 6.27. The number of hydrogen-bond acceptors (Lipinski definition) is 3. The van der Waals surface area contributed by atoms with E-state index in [1.165, 1.54) is 0 Å². The maximum absolute atomic E-state index is 12.5. The standard InChI is InChI=1S/C14H22N2OS/c1-10-5-6-16(12(8-10)9-15)14(17)11(2)13-4-3-7-18-13/h3-4,7,10-12H,5-6,8-9,15H2,1-2H3. The monoisotopic (exact) mass is 266 g/mol. The van der Waals surface area contributed by atoms with E-state index in [-0.39, 0.29) is 17.9 Å². The third kappa shape index (κ3) is 2.75. The van der Waals surface area contributed by atoms with E-state index in [1.54, 1.807) is 11.3 Å². The topological polar surface area (TPSA) is 46.3 Å². The van der Waals surface area contributed by atoms with Crippen molar-refractivity contribution in [3.05, 3.63) is 22.4 Å². The molecule has 0 bridgehead atoms. The van der Waals surface area contributed by atoms with Crippen LogP contribution in [0.4, 0.5) is 0 Å². The molecule has 0 spiro atoms. The molecule has 1 fully saturated rings. The molecule has 1 aliphatic rings. The van der Waals surface area contributed by atoms with Gasteiger partial charge in [0.15, 0.2) is 0 Å². The molecule has 0 radical (unpaired) electrons. The van der Waals surface area contributed by atoms with Gasteiger partial charge in [-0.15, -0.1) is 11.3 Å². The molecule has 18 heavy (non-hydrogen) atoms. The normalized spacial score (nSPS) is 26.1. The zero-order valence-corrected chi connectivity index (χ0v) is 12.0. The van der Waals surface area contributed by atoms with Gasteiger partial charge in [-0.05, 0) is 37.1 Å². The molecular weight excluding hydrogens is 244 g/mol. The molecule has 0 saturated carbocycles. The van der Waals surface area contributed by atoms with Crippen LogP contribution >= 0.6 is 11.3 Å². The first-order valence-electron chi connectivity index (χ1n) is 6.67. The third-order valence-corrected chi connectivity index (χ3v) is 4.93. The summed E-state index contributed by atoms with van der Waals surface area (Å²) in [5.41, 5.74) is 5.82. The average molecular weight is 266 g/mol. The molecule has 1 amide bonds. The number of carbonyl (C=O) groups excluding carboxylic acids is 1. The Balaban J connectivity index is 2.08. The molecule has 100 valence electrons. The Morgan fingerprint density at radius 1 is 1.67 bits per heavy atom. The van der Waals surface area contributed by atoms with Crippen LogP contribution in [0.1, 0.15) is 37.5 Å². The van der Waals surface area contributed by atoms with Gasteiger partial charge in [0.2, 0.25) is 5.91 Å². The van der Waals surface area contributed by atoms with Crippen molar-refractivity contribution in [3.63, 3.8) is 0 Å². The van der Waals surface area contributed by atoms with E-state index in [0.717, 1.165) is 24.3 Å². The Labute approximate surface area is 113 Å². The maximum atomic E-state index is 12.5. The summed E-state index contributed by atoms with van der Waals surface area (Å²) in [4.78, 5) is 15.7. The van der Waals surface area contributed by atoms with E-state index in [9.17, 15) is 4.79 Å². The largest absolute Gasteiger partial charge is 0.338 e. The molecule has 1 aliphatic heterocycles. The lowest BCUT2D eigenvalue weighted by molar-refractivity contribution is -0.136. The molecule has 2 rings (SSSR count). The summed E-state index contributed by atoms with van der Waals surface area (Å²) in [6, 6.07) is 4.27. The molecule has 4 heteroatoms. The summed E-state index contributed by atoms with van der Waals surface area (Å²) in [5, 5.41) is 2.03. The fraction of sp³-hybridized carbons (Fsp3) is 0.643. The van der Waals surface area contributed by atoms with E-state index in [2.05, 4.69) is 6.92 Å². The first-order chi connectivity index (χ1) is 8.63. The highest BCUT2D eigenvalue weighted by atomic mass is 32.1. The maximum Gasteiger partial charge on any atom is 0.230 e. The van der Waals surface area contributed by atoms with E-state index in [4.69, 9.17) is 5.73 Å². The van der Waals surface area contributed by atoms with Crippen LogP contribution in [0.25, 0.3) is 0 Å². The number of nitrogens with two attached hydrogens (primary N) is 1. The van der Waals surface area contributed by atoms with Gasteiger partial charge in [-0.25, -0.2) is 0 Å². The molecule has 2 heterocycles. The summed E-state index contributed by atoms with van der Waals surface area (Å²) in [7, 11) is 0. The predicted octanol–water partition coefficient (Wildman–Crippen LogP) is 2.44. The highest BCUT2D eigenvalue weighted by molar-refractivity contribution is 7.10. The lowest BCUT2D eigenvalue weighted by Gasteiger charge is -2.39. The molecule has 1 saturated heterocycles. The first kappa shape index (κ1) is 13.6. The number of likely N-dealkylation sites (tertiary alicyclic amines) is 1. The van der Waals surface area contributed by atoms with Gasteiger partial charge in [-0.1, -0.05) is 13.0 Å². The van der Waals surface area contributed by atoms with Gasteiger partial charge in [0, 0.05) is 24.0 Å². The lowest BCUT2D eigenvalue weighted by Crippen LogP contribution is -2.50. The van der Waals surface area contributed by atoms with Crippen LogP contribution in [0, 0.1) is 5.92 Å².